The van der Waals surface area contributed by atoms with Crippen LogP contribution < -0.4 is 5.73 Å². The molecule has 2 N–H and O–H groups in total. The highest BCUT2D eigenvalue weighted by Crippen LogP contribution is 2.32. The summed E-state index contributed by atoms with van der Waals surface area (Å²) in [6, 6.07) is 8.14. The molecule has 1 aromatic rings. The fraction of sp³-hybridized carbons (Fsp3) is 0.600. The quantitative estimate of drug-likeness (QED) is 0.860. The molecule has 0 aliphatic carbocycles. The maximum atomic E-state index is 11.7. The minimum atomic E-state index is -3.08. The van der Waals surface area contributed by atoms with E-state index in [9.17, 15) is 8.42 Å². The van der Waals surface area contributed by atoms with E-state index < -0.39 is 10.0 Å². The molecule has 118 valence electrons. The Labute approximate surface area is 135 Å². The summed E-state index contributed by atoms with van der Waals surface area (Å²) in [5, 5.41) is 0. The highest BCUT2D eigenvalue weighted by molar-refractivity contribution is 9.10. The van der Waals surface area contributed by atoms with Gasteiger partial charge in [-0.15, -0.1) is 0 Å². The number of nitrogens with zero attached hydrogens (tertiary/aromatic N) is 1. The normalized spacial score (nSPS) is 22.1. The maximum Gasteiger partial charge on any atom is 0.211 e. The van der Waals surface area contributed by atoms with Crippen molar-refractivity contribution in [3.8, 4) is 0 Å². The van der Waals surface area contributed by atoms with Crippen LogP contribution in [-0.4, -0.2) is 38.6 Å². The second-order valence-corrected chi connectivity index (χ2v) is 8.66. The summed E-state index contributed by atoms with van der Waals surface area (Å²) in [6.07, 6.45) is 4.24. The Morgan fingerprint density at radius 2 is 2.14 bits per heavy atom. The summed E-state index contributed by atoms with van der Waals surface area (Å²) in [4.78, 5) is 0. The maximum absolute atomic E-state index is 11.7. The van der Waals surface area contributed by atoms with Crippen LogP contribution >= 0.6 is 15.9 Å². The van der Waals surface area contributed by atoms with Gasteiger partial charge in [-0.25, -0.2) is 12.7 Å². The zero-order valence-electron chi connectivity index (χ0n) is 12.3. The molecule has 6 heteroatoms. The molecule has 0 bridgehead atoms. The fourth-order valence-electron chi connectivity index (χ4n) is 3.08. The molecule has 0 aromatic heterocycles. The van der Waals surface area contributed by atoms with E-state index in [-0.39, 0.29) is 5.92 Å². The van der Waals surface area contributed by atoms with Crippen molar-refractivity contribution in [2.75, 3.05) is 25.9 Å². The first-order chi connectivity index (χ1) is 9.91. The minimum absolute atomic E-state index is 0.269. The summed E-state index contributed by atoms with van der Waals surface area (Å²) in [5.74, 6) is 0.652. The van der Waals surface area contributed by atoms with Crippen LogP contribution in [-0.2, 0) is 10.0 Å². The topological polar surface area (TPSA) is 63.4 Å². The zero-order chi connectivity index (χ0) is 15.5. The van der Waals surface area contributed by atoms with Crippen LogP contribution in [0, 0.1) is 5.92 Å². The van der Waals surface area contributed by atoms with E-state index in [4.69, 9.17) is 5.73 Å². The van der Waals surface area contributed by atoms with Gasteiger partial charge >= 0.3 is 0 Å². The third-order valence-electron chi connectivity index (χ3n) is 4.20. The van der Waals surface area contributed by atoms with E-state index in [2.05, 4.69) is 22.0 Å². The van der Waals surface area contributed by atoms with Crippen LogP contribution in [0.5, 0.6) is 0 Å². The Hall–Kier alpha value is -0.430. The molecule has 1 aliphatic heterocycles. The number of sulfonamides is 1. The van der Waals surface area contributed by atoms with Crippen molar-refractivity contribution in [1.82, 2.24) is 4.31 Å². The third kappa shape index (κ3) is 4.52. The largest absolute Gasteiger partial charge is 0.330 e. The molecule has 0 spiro atoms. The van der Waals surface area contributed by atoms with Gasteiger partial charge in [0.1, 0.15) is 0 Å². The first-order valence-electron chi connectivity index (χ1n) is 7.31. The Morgan fingerprint density at radius 1 is 1.43 bits per heavy atom. The number of benzene rings is 1. The van der Waals surface area contributed by atoms with Gasteiger partial charge in [0.2, 0.25) is 10.0 Å². The standard InChI is InChI=1S/C15H23BrN2O2S/c1-21(19,20)18-8-4-5-12(11-18)9-13(10-17)14-6-2-3-7-15(14)16/h2-3,6-7,12-13H,4-5,8-11,17H2,1H3. The van der Waals surface area contributed by atoms with Crippen LogP contribution in [0.2, 0.25) is 0 Å². The smallest absolute Gasteiger partial charge is 0.211 e. The lowest BCUT2D eigenvalue weighted by molar-refractivity contribution is 0.247. The van der Waals surface area contributed by atoms with Crippen molar-refractivity contribution < 1.29 is 8.42 Å². The molecule has 21 heavy (non-hydrogen) atoms. The number of hydrogen-bond donors (Lipinski definition) is 1. The first kappa shape index (κ1) is 16.9. The van der Waals surface area contributed by atoms with E-state index in [1.54, 1.807) is 4.31 Å². The Kier molecular flexibility index (Phi) is 5.82. The highest BCUT2D eigenvalue weighted by Gasteiger charge is 2.28. The van der Waals surface area contributed by atoms with Crippen molar-refractivity contribution in [3.05, 3.63) is 34.3 Å². The lowest BCUT2D eigenvalue weighted by Gasteiger charge is -2.33. The van der Waals surface area contributed by atoms with Gasteiger partial charge in [-0.1, -0.05) is 34.1 Å². The van der Waals surface area contributed by atoms with Crippen LogP contribution in [0.3, 0.4) is 0 Å². The van der Waals surface area contributed by atoms with Gasteiger partial charge in [0, 0.05) is 17.6 Å². The SMILES string of the molecule is CS(=O)(=O)N1CCCC(CC(CN)c2ccccc2Br)C1. The van der Waals surface area contributed by atoms with Gasteiger partial charge in [-0.05, 0) is 49.3 Å². The molecule has 2 rings (SSSR count). The molecule has 2 atom stereocenters. The number of nitrogens with two attached hydrogens (primary N) is 1. The molecule has 1 aliphatic rings. The Morgan fingerprint density at radius 3 is 2.76 bits per heavy atom. The average Bonchev–Trinajstić information content (AvgIpc) is 2.45. The van der Waals surface area contributed by atoms with Crippen molar-refractivity contribution in [3.63, 3.8) is 0 Å². The molecule has 1 heterocycles. The van der Waals surface area contributed by atoms with Crippen LogP contribution in [0.4, 0.5) is 0 Å². The van der Waals surface area contributed by atoms with Gasteiger partial charge in [0.05, 0.1) is 6.26 Å². The lowest BCUT2D eigenvalue weighted by atomic mass is 9.85. The zero-order valence-corrected chi connectivity index (χ0v) is 14.7. The summed E-state index contributed by atoms with van der Waals surface area (Å²) in [6.45, 7) is 1.86. The number of piperidine rings is 1. The molecule has 4 nitrogen and oxygen atoms in total. The average molecular weight is 375 g/mol. The van der Waals surface area contributed by atoms with Gasteiger partial charge in [0.15, 0.2) is 0 Å². The third-order valence-corrected chi connectivity index (χ3v) is 6.19. The van der Waals surface area contributed by atoms with Gasteiger partial charge < -0.3 is 5.73 Å². The van der Waals surface area contributed by atoms with Gasteiger partial charge in [-0.2, -0.15) is 0 Å². The fourth-order valence-corrected chi connectivity index (χ4v) is 4.63. The van der Waals surface area contributed by atoms with E-state index in [0.29, 0.717) is 25.6 Å². The van der Waals surface area contributed by atoms with Crippen LogP contribution in [0.15, 0.2) is 28.7 Å². The van der Waals surface area contributed by atoms with Crippen molar-refractivity contribution in [1.29, 1.82) is 0 Å². The second kappa shape index (κ2) is 7.22. The lowest BCUT2D eigenvalue weighted by Crippen LogP contribution is -2.40. The van der Waals surface area contributed by atoms with Crippen LogP contribution in [0.1, 0.15) is 30.7 Å². The number of hydrogen-bond acceptors (Lipinski definition) is 3. The molecule has 0 amide bonds. The number of halogens is 1. The molecule has 2 unspecified atom stereocenters. The van der Waals surface area contributed by atoms with Crippen molar-refractivity contribution in [2.45, 2.75) is 25.2 Å². The van der Waals surface area contributed by atoms with E-state index >= 15 is 0 Å². The molecule has 0 radical (unpaired) electrons. The van der Waals surface area contributed by atoms with E-state index in [1.807, 2.05) is 18.2 Å². The summed E-state index contributed by atoms with van der Waals surface area (Å²) >= 11 is 3.58. The number of rotatable bonds is 5. The highest BCUT2D eigenvalue weighted by atomic mass is 79.9. The molecule has 1 fully saturated rings. The second-order valence-electron chi connectivity index (χ2n) is 5.82. The summed E-state index contributed by atoms with van der Waals surface area (Å²) < 4.78 is 26.1. The predicted molar refractivity (Wildman–Crippen MR) is 89.7 cm³/mol. The molecule has 1 aromatic carbocycles. The summed E-state index contributed by atoms with van der Waals surface area (Å²) in [5.41, 5.74) is 7.18. The van der Waals surface area contributed by atoms with Crippen LogP contribution in [0.25, 0.3) is 0 Å². The minimum Gasteiger partial charge on any atom is -0.330 e. The Bertz CT molecular complexity index is 577. The summed E-state index contributed by atoms with van der Waals surface area (Å²) in [7, 11) is -3.08. The van der Waals surface area contributed by atoms with E-state index in [1.165, 1.54) is 11.8 Å². The van der Waals surface area contributed by atoms with Crippen molar-refractivity contribution in [2.24, 2.45) is 11.7 Å². The van der Waals surface area contributed by atoms with Crippen molar-refractivity contribution >= 4 is 26.0 Å². The van der Waals surface area contributed by atoms with E-state index in [0.717, 1.165) is 23.7 Å². The molecular formula is C15H23BrN2O2S. The monoisotopic (exact) mass is 374 g/mol. The molecule has 0 saturated carbocycles. The van der Waals surface area contributed by atoms with Gasteiger partial charge in [-0.3, -0.25) is 0 Å². The predicted octanol–water partition coefficient (Wildman–Crippen LogP) is 2.55. The molecule has 1 saturated heterocycles. The first-order valence-corrected chi connectivity index (χ1v) is 9.95. The van der Waals surface area contributed by atoms with Gasteiger partial charge in [0.25, 0.3) is 0 Å². The molecular weight excluding hydrogens is 352 g/mol. The Balaban J connectivity index is 2.07.